The number of nitrogens with zero attached hydrogens (tertiary/aromatic N) is 2. The number of ketones is 2. The summed E-state index contributed by atoms with van der Waals surface area (Å²) < 4.78 is 6.32. The van der Waals surface area contributed by atoms with Crippen LogP contribution in [0.5, 0.6) is 5.75 Å². The Kier molecular flexibility index (Phi) is 5.39. The normalized spacial score (nSPS) is 21.8. The van der Waals surface area contributed by atoms with Crippen molar-refractivity contribution in [2.24, 2.45) is 0 Å². The molecule has 2 N–H and O–H groups in total. The van der Waals surface area contributed by atoms with Crippen molar-refractivity contribution >= 4 is 23.0 Å². The van der Waals surface area contributed by atoms with Gasteiger partial charge >= 0.3 is 0 Å². The number of nitrogens with one attached hydrogen (secondary N) is 2. The van der Waals surface area contributed by atoms with Crippen LogP contribution in [0.2, 0.25) is 0 Å². The molecule has 0 aromatic heterocycles. The summed E-state index contributed by atoms with van der Waals surface area (Å²) in [5.74, 6) is 0.460. The Hall–Kier alpha value is -3.55. The maximum atomic E-state index is 13.7. The number of carbonyl (C=O) groups excluding carboxylic acids is 2. The fourth-order valence-corrected chi connectivity index (χ4v) is 5.27. The van der Waals surface area contributed by atoms with Gasteiger partial charge in [0.25, 0.3) is 0 Å². The highest BCUT2D eigenvalue weighted by Crippen LogP contribution is 2.36. The predicted octanol–water partition coefficient (Wildman–Crippen LogP) is 1.02. The van der Waals surface area contributed by atoms with Gasteiger partial charge in [0.05, 0.1) is 5.57 Å². The van der Waals surface area contributed by atoms with E-state index >= 15 is 0 Å². The molecule has 1 unspecified atom stereocenters. The molecule has 6 rings (SSSR count). The van der Waals surface area contributed by atoms with E-state index in [1.165, 1.54) is 0 Å². The van der Waals surface area contributed by atoms with Gasteiger partial charge in [-0.3, -0.25) is 14.5 Å². The third kappa shape index (κ3) is 3.81. The van der Waals surface area contributed by atoms with Crippen molar-refractivity contribution in [1.82, 2.24) is 15.1 Å². The molecule has 0 bridgehead atoms. The number of Topliss-reactive ketones (excluding diaryl/α,β-unsaturated/α-hetero) is 2. The van der Waals surface area contributed by atoms with Crippen molar-refractivity contribution in [2.45, 2.75) is 13.0 Å². The Balaban J connectivity index is 1.37. The smallest absolute Gasteiger partial charge is 0.246 e. The molecule has 178 valence electrons. The van der Waals surface area contributed by atoms with Gasteiger partial charge in [0.15, 0.2) is 11.5 Å². The fourth-order valence-electron chi connectivity index (χ4n) is 5.27. The molecule has 2 aromatic carbocycles. The van der Waals surface area contributed by atoms with Crippen LogP contribution in [0.3, 0.4) is 0 Å². The number of ether oxygens (including phenoxy) is 1. The number of aryl methyl sites for hydroxylation is 1. The van der Waals surface area contributed by atoms with E-state index in [0.29, 0.717) is 40.2 Å². The van der Waals surface area contributed by atoms with E-state index in [-0.39, 0.29) is 11.6 Å². The molecule has 0 spiro atoms. The van der Waals surface area contributed by atoms with Crippen LogP contribution in [-0.4, -0.2) is 79.5 Å². The highest BCUT2D eigenvalue weighted by Gasteiger charge is 2.46. The van der Waals surface area contributed by atoms with E-state index in [0.717, 1.165) is 49.7 Å². The van der Waals surface area contributed by atoms with Gasteiger partial charge < -0.3 is 15.0 Å². The van der Waals surface area contributed by atoms with Crippen LogP contribution in [0.1, 0.15) is 26.3 Å². The summed E-state index contributed by atoms with van der Waals surface area (Å²) >= 11 is 0. The molecule has 1 fully saturated rings. The zero-order valence-corrected chi connectivity index (χ0v) is 20.1. The summed E-state index contributed by atoms with van der Waals surface area (Å²) in [4.78, 5) is 35.6. The van der Waals surface area contributed by atoms with Gasteiger partial charge in [0, 0.05) is 62.2 Å². The number of fused-ring (bicyclic) bond motifs is 4. The Morgan fingerprint density at radius 1 is 1.00 bits per heavy atom. The highest BCUT2D eigenvalue weighted by molar-refractivity contribution is 6.39. The van der Waals surface area contributed by atoms with Crippen LogP contribution in [0.15, 0.2) is 65.4 Å². The van der Waals surface area contributed by atoms with E-state index in [1.54, 1.807) is 24.3 Å². The second-order valence-corrected chi connectivity index (χ2v) is 9.68. The van der Waals surface area contributed by atoms with E-state index < -0.39 is 6.10 Å². The lowest BCUT2D eigenvalue weighted by Gasteiger charge is -2.33. The molecule has 0 saturated carbocycles. The summed E-state index contributed by atoms with van der Waals surface area (Å²) in [6, 6.07) is 13.0. The minimum absolute atomic E-state index is 0.128. The number of benzene rings is 2. The molecule has 0 radical (unpaired) electrons. The summed E-state index contributed by atoms with van der Waals surface area (Å²) in [6.07, 6.45) is 1.46. The topological polar surface area (TPSA) is 75.9 Å². The first kappa shape index (κ1) is 21.9. The van der Waals surface area contributed by atoms with Crippen LogP contribution in [0, 0.1) is 6.92 Å². The molecule has 2 heterocycles. The van der Waals surface area contributed by atoms with Crippen LogP contribution < -0.4 is 15.0 Å². The average Bonchev–Trinajstić information content (AvgIpc) is 2.87. The van der Waals surface area contributed by atoms with Crippen LogP contribution >= 0.6 is 0 Å². The average molecular weight is 470 g/mol. The molecule has 2 aliphatic carbocycles. The molecule has 1 atom stereocenters. The molecule has 4 aliphatic rings. The number of rotatable bonds is 4. The van der Waals surface area contributed by atoms with Gasteiger partial charge in [0.1, 0.15) is 5.57 Å². The number of hydrogen-bond donors (Lipinski definition) is 2. The Morgan fingerprint density at radius 3 is 2.46 bits per heavy atom. The van der Waals surface area contributed by atoms with Crippen molar-refractivity contribution in [3.8, 4) is 5.75 Å². The van der Waals surface area contributed by atoms with Gasteiger partial charge in [0.2, 0.25) is 23.3 Å². The third-order valence-corrected chi connectivity index (χ3v) is 7.26. The van der Waals surface area contributed by atoms with E-state index in [4.69, 9.17) is 4.74 Å². The minimum atomic E-state index is -0.475. The zero-order chi connectivity index (χ0) is 24.1. The van der Waals surface area contributed by atoms with Crippen molar-refractivity contribution in [3.05, 3.63) is 82.1 Å². The molecular formula is C28H29N4O3+. The van der Waals surface area contributed by atoms with Gasteiger partial charge in [-0.25, -0.2) is 4.99 Å². The van der Waals surface area contributed by atoms with Crippen molar-refractivity contribution in [3.63, 3.8) is 0 Å². The molecule has 1 saturated heterocycles. The number of allylic oxidation sites excluding steroid dienone is 1. The lowest BCUT2D eigenvalue weighted by molar-refractivity contribution is -0.363. The first-order valence-electron chi connectivity index (χ1n) is 12.2. The monoisotopic (exact) mass is 469 g/mol. The molecular weight excluding hydrogens is 440 g/mol. The molecule has 7 nitrogen and oxygen atoms in total. The van der Waals surface area contributed by atoms with E-state index in [2.05, 4.69) is 27.2 Å². The number of hydrogen-bond acceptors (Lipinski definition) is 6. The van der Waals surface area contributed by atoms with E-state index in [1.807, 2.05) is 31.2 Å². The van der Waals surface area contributed by atoms with Crippen molar-refractivity contribution < 1.29 is 19.3 Å². The number of piperazine rings is 1. The molecule has 2 aromatic rings. The first-order valence-corrected chi connectivity index (χ1v) is 12.2. The third-order valence-electron chi connectivity index (χ3n) is 7.26. The standard InChI is InChI=1S/C28H28N4O3/c1-17-7-8-22-20(15-17)30-26-23(35-22)16-21(29-9-10-32-13-11-31(2)12-14-32)24-25(26)28(34)19-6-4-3-5-18(19)27(24)33/h3-8,15-16,23,29H,9-14H2,1-2H3/p+1. The second-order valence-electron chi connectivity index (χ2n) is 9.68. The van der Waals surface area contributed by atoms with Crippen LogP contribution in [-0.2, 0) is 0 Å². The Labute approximate surface area is 204 Å². The summed E-state index contributed by atoms with van der Waals surface area (Å²) in [7, 11) is 2.14. The molecule has 2 aliphatic heterocycles. The molecule has 35 heavy (non-hydrogen) atoms. The minimum Gasteiger partial charge on any atom is -0.468 e. The summed E-state index contributed by atoms with van der Waals surface area (Å²) in [5, 5.41) is 3.48. The predicted molar refractivity (Wildman–Crippen MR) is 133 cm³/mol. The number of likely N-dealkylation sites (N-methyl/N-ethyl adjacent to an activating group) is 1. The Bertz CT molecular complexity index is 1330. The second kappa shape index (κ2) is 8.59. The van der Waals surface area contributed by atoms with Gasteiger partial charge in [-0.2, -0.15) is 0 Å². The van der Waals surface area contributed by atoms with Gasteiger partial charge in [-0.05, 0) is 31.7 Å². The quantitative estimate of drug-likeness (QED) is 0.697. The number of carbonyl (C=O) groups is 2. The Morgan fingerprint density at radius 2 is 1.71 bits per heavy atom. The fraction of sp³-hybridized carbons (Fsp3) is 0.321. The first-order chi connectivity index (χ1) is 17.0. The summed E-state index contributed by atoms with van der Waals surface area (Å²) in [5.41, 5.74) is 4.95. The zero-order valence-electron chi connectivity index (χ0n) is 20.1. The van der Waals surface area contributed by atoms with Crippen LogP contribution in [0.25, 0.3) is 0 Å². The lowest BCUT2D eigenvalue weighted by atomic mass is 9.76. The maximum Gasteiger partial charge on any atom is 0.246 e. The molecule has 7 heteroatoms. The maximum absolute atomic E-state index is 13.7. The van der Waals surface area contributed by atoms with Gasteiger partial charge in [-0.15, -0.1) is 0 Å². The lowest BCUT2D eigenvalue weighted by Crippen LogP contribution is -2.73. The van der Waals surface area contributed by atoms with E-state index in [9.17, 15) is 9.59 Å². The van der Waals surface area contributed by atoms with Crippen molar-refractivity contribution in [1.29, 1.82) is 0 Å². The molecule has 0 amide bonds. The largest absolute Gasteiger partial charge is 0.468 e. The van der Waals surface area contributed by atoms with Crippen LogP contribution in [0.4, 0.5) is 5.69 Å². The van der Waals surface area contributed by atoms with Gasteiger partial charge in [-0.1, -0.05) is 30.3 Å². The summed E-state index contributed by atoms with van der Waals surface area (Å²) in [6.45, 7) is 7.73. The van der Waals surface area contributed by atoms with Crippen molar-refractivity contribution in [2.75, 3.05) is 46.3 Å². The SMILES string of the molecule is Cc1ccc2c(c1)[NH+]=C1C3=C(C(=O)c4ccccc4C3=O)C(NCCN3CCN(C)CC3)=CC1O2. The highest BCUT2D eigenvalue weighted by atomic mass is 16.5.